The summed E-state index contributed by atoms with van der Waals surface area (Å²) in [6.45, 7) is 5.76. The van der Waals surface area contributed by atoms with Crippen molar-refractivity contribution in [2.75, 3.05) is 25.0 Å². The first-order chi connectivity index (χ1) is 16.0. The van der Waals surface area contributed by atoms with Crippen molar-refractivity contribution in [2.24, 2.45) is 5.92 Å². The topological polar surface area (TPSA) is 125 Å². The molecule has 2 aliphatic heterocycles. The molecule has 4 rings (SSSR count). The van der Waals surface area contributed by atoms with E-state index in [0.29, 0.717) is 18.8 Å². The minimum Gasteiger partial charge on any atom is -0.489 e. The number of rotatable bonds is 8. The molecule has 0 spiro atoms. The van der Waals surface area contributed by atoms with E-state index in [1.807, 2.05) is 13.8 Å². The molecular formula is C23H32N4O6S. The Morgan fingerprint density at radius 2 is 1.88 bits per heavy atom. The first-order valence-corrected chi connectivity index (χ1v) is 13.2. The lowest BCUT2D eigenvalue weighted by atomic mass is 9.96. The van der Waals surface area contributed by atoms with Gasteiger partial charge in [0.25, 0.3) is 5.91 Å². The van der Waals surface area contributed by atoms with Crippen molar-refractivity contribution in [3.05, 3.63) is 18.2 Å². The number of anilines is 1. The monoisotopic (exact) mass is 492 g/mol. The highest BCUT2D eigenvalue weighted by molar-refractivity contribution is 7.89. The summed E-state index contributed by atoms with van der Waals surface area (Å²) >= 11 is 0. The lowest BCUT2D eigenvalue weighted by molar-refractivity contribution is -0.134. The van der Waals surface area contributed by atoms with Crippen molar-refractivity contribution in [3.8, 4) is 5.75 Å². The number of hydrogen-bond acceptors (Lipinski definition) is 6. The Morgan fingerprint density at radius 3 is 2.50 bits per heavy atom. The van der Waals surface area contributed by atoms with E-state index < -0.39 is 40.0 Å². The summed E-state index contributed by atoms with van der Waals surface area (Å²) in [5.41, 5.74) is -0.806. The maximum Gasteiger partial charge on any atom is 0.325 e. The van der Waals surface area contributed by atoms with Crippen molar-refractivity contribution in [3.63, 3.8) is 0 Å². The third kappa shape index (κ3) is 4.76. The van der Waals surface area contributed by atoms with Gasteiger partial charge < -0.3 is 15.4 Å². The summed E-state index contributed by atoms with van der Waals surface area (Å²) in [5.74, 6) is -0.652. The van der Waals surface area contributed by atoms with Crippen molar-refractivity contribution in [2.45, 2.75) is 69.4 Å². The molecule has 4 amide bonds. The number of amides is 4. The Morgan fingerprint density at radius 1 is 1.21 bits per heavy atom. The fraction of sp³-hybridized carbons (Fsp3) is 0.609. The van der Waals surface area contributed by atoms with Crippen LogP contribution in [0.15, 0.2) is 23.1 Å². The minimum atomic E-state index is -3.73. The van der Waals surface area contributed by atoms with Crippen molar-refractivity contribution < 1.29 is 27.5 Å². The molecule has 2 heterocycles. The van der Waals surface area contributed by atoms with E-state index in [1.54, 1.807) is 6.92 Å². The lowest BCUT2D eigenvalue weighted by Gasteiger charge is -2.26. The molecule has 0 aromatic heterocycles. The van der Waals surface area contributed by atoms with E-state index in [1.165, 1.54) is 22.5 Å². The standard InChI is InChI=1S/C23H32N4O6S/c1-15(2)33-19-10-9-17(34(31,32)26-11-5-4-6-12-26)13-18(19)24-20(28)14-27-21(29)23(3,16-7-8-16)25-22(27)30/h9-10,13,15-16H,4-8,11-12,14H2,1-3H3,(H,24,28)(H,25,30)/t23-/m1/s1. The zero-order valence-electron chi connectivity index (χ0n) is 19.8. The van der Waals surface area contributed by atoms with Crippen LogP contribution in [0.1, 0.15) is 52.9 Å². The second-order valence-corrected chi connectivity index (χ2v) is 11.6. The molecule has 11 heteroatoms. The molecule has 3 aliphatic rings. The molecule has 186 valence electrons. The van der Waals surface area contributed by atoms with Gasteiger partial charge in [0.1, 0.15) is 17.8 Å². The van der Waals surface area contributed by atoms with Crippen molar-refractivity contribution in [1.29, 1.82) is 0 Å². The van der Waals surface area contributed by atoms with Crippen molar-refractivity contribution >= 4 is 33.6 Å². The van der Waals surface area contributed by atoms with E-state index >= 15 is 0 Å². The van der Waals surface area contributed by atoms with Gasteiger partial charge in [0.2, 0.25) is 15.9 Å². The molecular weight excluding hydrogens is 460 g/mol. The maximum absolute atomic E-state index is 13.1. The number of piperidine rings is 1. The Kier molecular flexibility index (Phi) is 6.61. The largest absolute Gasteiger partial charge is 0.489 e. The van der Waals surface area contributed by atoms with E-state index in [4.69, 9.17) is 4.74 Å². The number of nitrogens with zero attached hydrogens (tertiary/aromatic N) is 2. The number of imide groups is 1. The SMILES string of the molecule is CC(C)Oc1ccc(S(=O)(=O)N2CCCCC2)cc1NC(=O)CN1C(=O)N[C@](C)(C2CC2)C1=O. The number of carbonyl (C=O) groups excluding carboxylic acids is 3. The normalized spacial score (nSPS) is 23.8. The number of benzene rings is 1. The van der Waals surface area contributed by atoms with Crippen LogP contribution in [0.4, 0.5) is 10.5 Å². The van der Waals surface area contributed by atoms with Gasteiger partial charge in [-0.15, -0.1) is 0 Å². The van der Waals surface area contributed by atoms with E-state index in [-0.39, 0.29) is 22.6 Å². The van der Waals surface area contributed by atoms with E-state index in [9.17, 15) is 22.8 Å². The van der Waals surface area contributed by atoms with Crippen LogP contribution in [0.2, 0.25) is 0 Å². The van der Waals surface area contributed by atoms with Gasteiger partial charge in [-0.25, -0.2) is 13.2 Å². The molecule has 10 nitrogen and oxygen atoms in total. The summed E-state index contributed by atoms with van der Waals surface area (Å²) in [4.78, 5) is 39.0. The molecule has 2 saturated heterocycles. The molecule has 2 N–H and O–H groups in total. The molecule has 0 radical (unpaired) electrons. The summed E-state index contributed by atoms with van der Waals surface area (Å²) in [6, 6.07) is 3.76. The summed E-state index contributed by atoms with van der Waals surface area (Å²) in [7, 11) is -3.73. The van der Waals surface area contributed by atoms with Gasteiger partial charge in [-0.2, -0.15) is 4.31 Å². The highest BCUT2D eigenvalue weighted by Gasteiger charge is 2.56. The summed E-state index contributed by atoms with van der Waals surface area (Å²) in [5, 5.41) is 5.36. The predicted molar refractivity (Wildman–Crippen MR) is 125 cm³/mol. The zero-order chi connectivity index (χ0) is 24.7. The van der Waals surface area contributed by atoms with Gasteiger partial charge in [-0.1, -0.05) is 6.42 Å². The third-order valence-electron chi connectivity index (χ3n) is 6.54. The average molecular weight is 493 g/mol. The fourth-order valence-corrected chi connectivity index (χ4v) is 6.05. The van der Waals surface area contributed by atoms with Crippen LogP contribution in [0.3, 0.4) is 0 Å². The van der Waals surface area contributed by atoms with Crippen LogP contribution in [0.5, 0.6) is 5.75 Å². The number of hydrogen-bond donors (Lipinski definition) is 2. The maximum atomic E-state index is 13.1. The Labute approximate surface area is 200 Å². The molecule has 1 aromatic carbocycles. The molecule has 0 unspecified atom stereocenters. The van der Waals surface area contributed by atoms with Gasteiger partial charge in [0.15, 0.2) is 0 Å². The first-order valence-electron chi connectivity index (χ1n) is 11.8. The number of carbonyl (C=O) groups is 3. The van der Waals surface area contributed by atoms with E-state index in [2.05, 4.69) is 10.6 Å². The average Bonchev–Trinajstić information content (AvgIpc) is 3.61. The van der Waals surface area contributed by atoms with E-state index in [0.717, 1.165) is 37.0 Å². The second kappa shape index (κ2) is 9.18. The number of nitrogens with one attached hydrogen (secondary N) is 2. The number of sulfonamides is 1. The zero-order valence-corrected chi connectivity index (χ0v) is 20.6. The van der Waals surface area contributed by atoms with Crippen LogP contribution in [-0.4, -0.2) is 66.7 Å². The van der Waals surface area contributed by atoms with Crippen molar-refractivity contribution in [1.82, 2.24) is 14.5 Å². The molecule has 3 fully saturated rings. The smallest absolute Gasteiger partial charge is 0.325 e. The second-order valence-electron chi connectivity index (χ2n) is 9.64. The van der Waals surface area contributed by atoms with Crippen LogP contribution in [-0.2, 0) is 19.6 Å². The molecule has 1 saturated carbocycles. The van der Waals surface area contributed by atoms with Gasteiger partial charge in [0.05, 0.1) is 16.7 Å². The Bertz CT molecular complexity index is 1090. The lowest BCUT2D eigenvalue weighted by Crippen LogP contribution is -2.46. The number of ether oxygens (including phenoxy) is 1. The summed E-state index contributed by atoms with van der Waals surface area (Å²) in [6.07, 6.45) is 4.11. The minimum absolute atomic E-state index is 0.0529. The third-order valence-corrected chi connectivity index (χ3v) is 8.43. The van der Waals surface area contributed by atoms with Gasteiger partial charge >= 0.3 is 6.03 Å². The van der Waals surface area contributed by atoms with Crippen LogP contribution in [0, 0.1) is 5.92 Å². The van der Waals surface area contributed by atoms with Crippen LogP contribution < -0.4 is 15.4 Å². The van der Waals surface area contributed by atoms with Crippen LogP contribution >= 0.6 is 0 Å². The van der Waals surface area contributed by atoms with Gasteiger partial charge in [-0.05, 0) is 70.6 Å². The Balaban J connectivity index is 1.54. The molecule has 1 atom stereocenters. The molecule has 0 bridgehead atoms. The fourth-order valence-electron chi connectivity index (χ4n) is 4.51. The van der Waals surface area contributed by atoms with Gasteiger partial charge in [0, 0.05) is 13.1 Å². The van der Waals surface area contributed by atoms with Crippen LogP contribution in [0.25, 0.3) is 0 Å². The van der Waals surface area contributed by atoms with Gasteiger partial charge in [-0.3, -0.25) is 14.5 Å². The summed E-state index contributed by atoms with van der Waals surface area (Å²) < 4.78 is 33.5. The quantitative estimate of drug-likeness (QED) is 0.537. The molecule has 34 heavy (non-hydrogen) atoms. The highest BCUT2D eigenvalue weighted by Crippen LogP contribution is 2.42. The molecule has 1 aliphatic carbocycles. The first kappa shape index (κ1) is 24.5. The number of urea groups is 1. The predicted octanol–water partition coefficient (Wildman–Crippen LogP) is 2.31. The highest BCUT2D eigenvalue weighted by atomic mass is 32.2. The molecule has 1 aromatic rings. The Hall–Kier alpha value is -2.66.